The summed E-state index contributed by atoms with van der Waals surface area (Å²) in [6.07, 6.45) is 3.29. The summed E-state index contributed by atoms with van der Waals surface area (Å²) in [4.78, 5) is 0. The Kier molecular flexibility index (Phi) is 6.20. The van der Waals surface area contributed by atoms with Crippen molar-refractivity contribution in [2.45, 2.75) is 25.6 Å². The maximum atomic E-state index is 5.65. The van der Waals surface area contributed by atoms with Gasteiger partial charge in [-0.05, 0) is 76.0 Å². The molecule has 1 aromatic carbocycles. The molecule has 1 aromatic rings. The third-order valence-corrected chi connectivity index (χ3v) is 3.97. The normalized spacial score (nSPS) is 19.8. The van der Waals surface area contributed by atoms with Crippen LogP contribution in [0.2, 0.25) is 0 Å². The molecule has 18 heavy (non-hydrogen) atoms. The number of ether oxygens (including phenoxy) is 3. The van der Waals surface area contributed by atoms with Crippen molar-refractivity contribution < 1.29 is 14.2 Å². The summed E-state index contributed by atoms with van der Waals surface area (Å²) in [7, 11) is 0. The Bertz CT molecular complexity index is 380. The van der Waals surface area contributed by atoms with Crippen LogP contribution in [0.25, 0.3) is 0 Å². The van der Waals surface area contributed by atoms with Crippen LogP contribution in [0.15, 0.2) is 22.7 Å². The van der Waals surface area contributed by atoms with Gasteiger partial charge in [-0.15, -0.1) is 0 Å². The maximum Gasteiger partial charge on any atom is 0.157 e. The first-order valence-corrected chi connectivity index (χ1v) is 7.94. The van der Waals surface area contributed by atoms with Crippen molar-refractivity contribution in [1.29, 1.82) is 0 Å². The summed E-state index contributed by atoms with van der Waals surface area (Å²) < 4.78 is 18.9. The first-order chi connectivity index (χ1) is 8.75. The Morgan fingerprint density at radius 2 is 2.22 bits per heavy atom. The molecule has 1 aliphatic heterocycles. The highest BCUT2D eigenvalue weighted by Gasteiger charge is 2.13. The molecule has 1 fully saturated rings. The van der Waals surface area contributed by atoms with Crippen LogP contribution in [0.3, 0.4) is 0 Å². The average Bonchev–Trinajstić information content (AvgIpc) is 2.38. The van der Waals surface area contributed by atoms with Crippen LogP contribution in [0, 0.1) is 3.57 Å². The lowest BCUT2D eigenvalue weighted by Gasteiger charge is -2.22. The zero-order valence-electron chi connectivity index (χ0n) is 10.0. The Hall–Kier alpha value is 0.150. The third kappa shape index (κ3) is 4.68. The fraction of sp³-hybridized carbons (Fsp3) is 0.538. The van der Waals surface area contributed by atoms with Crippen molar-refractivity contribution in [3.8, 4) is 5.75 Å². The average molecular weight is 427 g/mol. The standard InChI is InChI=1S/C13H16BrIO3/c14-11-9-10(15)4-5-12(11)16-7-8-18-13-3-1-2-6-17-13/h4-5,9,13H,1-3,6-8H2. The monoisotopic (exact) mass is 426 g/mol. The molecule has 0 aromatic heterocycles. The van der Waals surface area contributed by atoms with Crippen molar-refractivity contribution in [2.24, 2.45) is 0 Å². The quantitative estimate of drug-likeness (QED) is 0.526. The van der Waals surface area contributed by atoms with Gasteiger partial charge in [-0.2, -0.15) is 0 Å². The van der Waals surface area contributed by atoms with Crippen LogP contribution in [-0.2, 0) is 9.47 Å². The first kappa shape index (κ1) is 14.6. The minimum Gasteiger partial charge on any atom is -0.490 e. The van der Waals surface area contributed by atoms with Gasteiger partial charge in [-0.3, -0.25) is 0 Å². The minimum atomic E-state index is -0.0393. The highest BCUT2D eigenvalue weighted by molar-refractivity contribution is 14.1. The summed E-state index contributed by atoms with van der Waals surface area (Å²) in [5.74, 6) is 0.851. The molecule has 1 heterocycles. The van der Waals surface area contributed by atoms with Crippen molar-refractivity contribution in [2.75, 3.05) is 19.8 Å². The predicted molar refractivity (Wildman–Crippen MR) is 81.9 cm³/mol. The van der Waals surface area contributed by atoms with E-state index < -0.39 is 0 Å². The van der Waals surface area contributed by atoms with Gasteiger partial charge in [0.1, 0.15) is 12.4 Å². The number of hydrogen-bond donors (Lipinski definition) is 0. The van der Waals surface area contributed by atoms with E-state index in [1.165, 1.54) is 9.99 Å². The lowest BCUT2D eigenvalue weighted by Crippen LogP contribution is -2.24. The molecule has 1 atom stereocenters. The Morgan fingerprint density at radius 1 is 1.33 bits per heavy atom. The molecule has 0 radical (unpaired) electrons. The lowest BCUT2D eigenvalue weighted by atomic mass is 10.2. The van der Waals surface area contributed by atoms with Gasteiger partial charge in [0.05, 0.1) is 11.1 Å². The fourth-order valence-electron chi connectivity index (χ4n) is 1.77. The van der Waals surface area contributed by atoms with Crippen molar-refractivity contribution in [3.63, 3.8) is 0 Å². The molecule has 2 rings (SSSR count). The van der Waals surface area contributed by atoms with Crippen LogP contribution in [0.1, 0.15) is 19.3 Å². The van der Waals surface area contributed by atoms with Crippen LogP contribution >= 0.6 is 38.5 Å². The summed E-state index contributed by atoms with van der Waals surface area (Å²) >= 11 is 5.75. The number of halogens is 2. The second-order valence-corrected chi connectivity index (χ2v) is 6.19. The molecule has 0 N–H and O–H groups in total. The Balaban J connectivity index is 1.68. The van der Waals surface area contributed by atoms with E-state index in [-0.39, 0.29) is 6.29 Å². The fourth-order valence-corrected chi connectivity index (χ4v) is 3.18. The van der Waals surface area contributed by atoms with Crippen LogP contribution in [-0.4, -0.2) is 26.1 Å². The molecule has 0 saturated carbocycles. The van der Waals surface area contributed by atoms with Crippen molar-refractivity contribution >= 4 is 38.5 Å². The summed E-state index contributed by atoms with van der Waals surface area (Å²) in [6, 6.07) is 6.01. The topological polar surface area (TPSA) is 27.7 Å². The molecule has 0 aliphatic carbocycles. The van der Waals surface area contributed by atoms with Gasteiger partial charge in [0, 0.05) is 10.2 Å². The summed E-state index contributed by atoms with van der Waals surface area (Å²) in [5.41, 5.74) is 0. The van der Waals surface area contributed by atoms with Crippen LogP contribution in [0.4, 0.5) is 0 Å². The van der Waals surface area contributed by atoms with E-state index in [0.29, 0.717) is 13.2 Å². The van der Waals surface area contributed by atoms with E-state index in [0.717, 1.165) is 29.7 Å². The van der Waals surface area contributed by atoms with Gasteiger partial charge in [0.15, 0.2) is 6.29 Å². The molecule has 0 bridgehead atoms. The second kappa shape index (κ2) is 7.67. The molecule has 5 heteroatoms. The maximum absolute atomic E-state index is 5.65. The number of hydrogen-bond acceptors (Lipinski definition) is 3. The van der Waals surface area contributed by atoms with E-state index >= 15 is 0 Å². The number of benzene rings is 1. The molecule has 1 saturated heterocycles. The highest BCUT2D eigenvalue weighted by atomic mass is 127. The Morgan fingerprint density at radius 3 is 2.94 bits per heavy atom. The molecule has 0 spiro atoms. The summed E-state index contributed by atoms with van der Waals surface area (Å²) in [6.45, 7) is 1.91. The second-order valence-electron chi connectivity index (χ2n) is 4.09. The van der Waals surface area contributed by atoms with Crippen LogP contribution in [0.5, 0.6) is 5.75 Å². The van der Waals surface area contributed by atoms with Gasteiger partial charge >= 0.3 is 0 Å². The predicted octanol–water partition coefficient (Wildman–Crippen LogP) is 3.98. The molecule has 1 aliphatic rings. The SMILES string of the molecule is Brc1cc(I)ccc1OCCOC1CCCCO1. The van der Waals surface area contributed by atoms with Gasteiger partial charge < -0.3 is 14.2 Å². The first-order valence-electron chi connectivity index (χ1n) is 6.07. The van der Waals surface area contributed by atoms with Gasteiger partial charge in [-0.1, -0.05) is 0 Å². The Labute approximate surface area is 129 Å². The molecule has 100 valence electrons. The van der Waals surface area contributed by atoms with E-state index in [9.17, 15) is 0 Å². The molecule has 0 amide bonds. The van der Waals surface area contributed by atoms with E-state index in [1.807, 2.05) is 18.2 Å². The van der Waals surface area contributed by atoms with Gasteiger partial charge in [0.2, 0.25) is 0 Å². The third-order valence-electron chi connectivity index (χ3n) is 2.68. The smallest absolute Gasteiger partial charge is 0.157 e. The zero-order valence-corrected chi connectivity index (χ0v) is 13.8. The molecule has 1 unspecified atom stereocenters. The van der Waals surface area contributed by atoms with Crippen molar-refractivity contribution in [1.82, 2.24) is 0 Å². The number of rotatable bonds is 5. The molecule has 3 nitrogen and oxygen atoms in total. The molecular weight excluding hydrogens is 411 g/mol. The van der Waals surface area contributed by atoms with Crippen molar-refractivity contribution in [3.05, 3.63) is 26.2 Å². The molecular formula is C13H16BrIO3. The minimum absolute atomic E-state index is 0.0393. The van der Waals surface area contributed by atoms with E-state index in [2.05, 4.69) is 38.5 Å². The highest BCUT2D eigenvalue weighted by Crippen LogP contribution is 2.26. The van der Waals surface area contributed by atoms with Gasteiger partial charge in [0.25, 0.3) is 0 Å². The van der Waals surface area contributed by atoms with Crippen LogP contribution < -0.4 is 4.74 Å². The lowest BCUT2D eigenvalue weighted by molar-refractivity contribution is -0.165. The van der Waals surface area contributed by atoms with Gasteiger partial charge in [-0.25, -0.2) is 0 Å². The largest absolute Gasteiger partial charge is 0.490 e. The summed E-state index contributed by atoms with van der Waals surface area (Å²) in [5, 5.41) is 0. The van der Waals surface area contributed by atoms with E-state index in [4.69, 9.17) is 14.2 Å². The van der Waals surface area contributed by atoms with E-state index in [1.54, 1.807) is 0 Å². The zero-order chi connectivity index (χ0) is 12.8.